The molecule has 1 heterocycles. The average molecular weight is 256 g/mol. The summed E-state index contributed by atoms with van der Waals surface area (Å²) in [6.07, 6.45) is 2.57. The molecule has 0 saturated heterocycles. The topological polar surface area (TPSA) is 51.2 Å². The van der Waals surface area contributed by atoms with Gasteiger partial charge in [0.2, 0.25) is 5.88 Å². The van der Waals surface area contributed by atoms with Crippen LogP contribution in [0.2, 0.25) is 0 Å². The van der Waals surface area contributed by atoms with Gasteiger partial charge in [-0.3, -0.25) is 4.79 Å². The van der Waals surface area contributed by atoms with Crippen LogP contribution in [-0.2, 0) is 0 Å². The number of pyridine rings is 1. The number of amides is 1. The zero-order chi connectivity index (χ0) is 13.5. The maximum Gasteiger partial charge on any atom is 0.251 e. The van der Waals surface area contributed by atoms with Crippen LogP contribution in [0.4, 0.5) is 0 Å². The summed E-state index contributed by atoms with van der Waals surface area (Å²) in [5.74, 6) is 1.02. The highest BCUT2D eigenvalue weighted by molar-refractivity contribution is 5.94. The molecular formula is C15H16N2O2. The summed E-state index contributed by atoms with van der Waals surface area (Å²) in [5, 5.41) is 2.83. The fourth-order valence-electron chi connectivity index (χ4n) is 1.57. The maximum atomic E-state index is 11.8. The number of hydrogen-bond donors (Lipinski definition) is 1. The van der Waals surface area contributed by atoms with E-state index in [1.807, 2.05) is 19.1 Å². The Morgan fingerprint density at radius 3 is 2.89 bits per heavy atom. The summed E-state index contributed by atoms with van der Waals surface area (Å²) in [6, 6.07) is 12.5. The lowest BCUT2D eigenvalue weighted by Crippen LogP contribution is -2.23. The van der Waals surface area contributed by atoms with Gasteiger partial charge in [0, 0.05) is 24.4 Å². The molecule has 1 N–H and O–H groups in total. The first-order valence-electron chi connectivity index (χ1n) is 6.26. The summed E-state index contributed by atoms with van der Waals surface area (Å²) < 4.78 is 5.58. The van der Waals surface area contributed by atoms with Gasteiger partial charge in [0.25, 0.3) is 5.91 Å². The monoisotopic (exact) mass is 256 g/mol. The van der Waals surface area contributed by atoms with E-state index in [4.69, 9.17) is 4.74 Å². The van der Waals surface area contributed by atoms with E-state index in [9.17, 15) is 4.79 Å². The molecule has 0 radical (unpaired) electrons. The lowest BCUT2D eigenvalue weighted by atomic mass is 10.2. The van der Waals surface area contributed by atoms with E-state index >= 15 is 0 Å². The first kappa shape index (κ1) is 13.1. The molecule has 0 bridgehead atoms. The van der Waals surface area contributed by atoms with Crippen molar-refractivity contribution >= 4 is 5.91 Å². The van der Waals surface area contributed by atoms with Gasteiger partial charge in [0.15, 0.2) is 0 Å². The van der Waals surface area contributed by atoms with Crippen molar-refractivity contribution in [1.29, 1.82) is 0 Å². The molecule has 98 valence electrons. The summed E-state index contributed by atoms with van der Waals surface area (Å²) in [4.78, 5) is 15.9. The molecule has 1 amide bonds. The van der Waals surface area contributed by atoms with Crippen molar-refractivity contribution in [1.82, 2.24) is 10.3 Å². The Kier molecular flexibility index (Phi) is 4.50. The van der Waals surface area contributed by atoms with Crippen LogP contribution in [0.15, 0.2) is 48.7 Å². The van der Waals surface area contributed by atoms with Crippen LogP contribution in [0.1, 0.15) is 23.7 Å². The molecule has 0 aliphatic rings. The van der Waals surface area contributed by atoms with Crippen LogP contribution < -0.4 is 10.1 Å². The highest BCUT2D eigenvalue weighted by atomic mass is 16.5. The predicted octanol–water partition coefficient (Wildman–Crippen LogP) is 3.01. The minimum atomic E-state index is -0.0895. The van der Waals surface area contributed by atoms with Gasteiger partial charge in [-0.25, -0.2) is 4.98 Å². The Morgan fingerprint density at radius 1 is 1.26 bits per heavy atom. The van der Waals surface area contributed by atoms with Gasteiger partial charge in [-0.15, -0.1) is 0 Å². The number of aromatic nitrogens is 1. The number of ether oxygens (including phenoxy) is 1. The van der Waals surface area contributed by atoms with Crippen molar-refractivity contribution < 1.29 is 9.53 Å². The second-order valence-corrected chi connectivity index (χ2v) is 4.05. The molecule has 4 nitrogen and oxygen atoms in total. The molecule has 0 aliphatic carbocycles. The first-order chi connectivity index (χ1) is 9.29. The average Bonchev–Trinajstić information content (AvgIpc) is 2.46. The van der Waals surface area contributed by atoms with Crippen molar-refractivity contribution in [2.75, 3.05) is 6.54 Å². The minimum Gasteiger partial charge on any atom is -0.439 e. The van der Waals surface area contributed by atoms with E-state index in [1.165, 1.54) is 0 Å². The van der Waals surface area contributed by atoms with Crippen LogP contribution in [0.3, 0.4) is 0 Å². The highest BCUT2D eigenvalue weighted by Gasteiger charge is 2.06. The van der Waals surface area contributed by atoms with Crippen LogP contribution in [0.5, 0.6) is 11.6 Å². The Balaban J connectivity index is 2.09. The van der Waals surface area contributed by atoms with Crippen molar-refractivity contribution in [2.45, 2.75) is 13.3 Å². The standard InChI is InChI=1S/C15H16N2O2/c1-2-9-17-15(18)12-6-5-7-13(11-12)19-14-8-3-4-10-16-14/h3-8,10-11H,2,9H2,1H3,(H,17,18). The number of carbonyl (C=O) groups excluding carboxylic acids is 1. The minimum absolute atomic E-state index is 0.0895. The Bertz CT molecular complexity index is 541. The largest absolute Gasteiger partial charge is 0.439 e. The number of nitrogens with one attached hydrogen (secondary N) is 1. The number of benzene rings is 1. The van der Waals surface area contributed by atoms with Gasteiger partial charge in [0.05, 0.1) is 0 Å². The third kappa shape index (κ3) is 3.81. The smallest absolute Gasteiger partial charge is 0.251 e. The van der Waals surface area contributed by atoms with Crippen molar-refractivity contribution in [3.8, 4) is 11.6 Å². The second kappa shape index (κ2) is 6.54. The highest BCUT2D eigenvalue weighted by Crippen LogP contribution is 2.19. The Labute approximate surface area is 112 Å². The quantitative estimate of drug-likeness (QED) is 0.894. The van der Waals surface area contributed by atoms with Crippen molar-refractivity contribution in [3.63, 3.8) is 0 Å². The van der Waals surface area contributed by atoms with Gasteiger partial charge in [-0.2, -0.15) is 0 Å². The van der Waals surface area contributed by atoms with Gasteiger partial charge in [-0.1, -0.05) is 19.1 Å². The molecule has 0 saturated carbocycles. The van der Waals surface area contributed by atoms with E-state index in [-0.39, 0.29) is 5.91 Å². The second-order valence-electron chi connectivity index (χ2n) is 4.05. The number of hydrogen-bond acceptors (Lipinski definition) is 3. The van der Waals surface area contributed by atoms with Crippen LogP contribution >= 0.6 is 0 Å². The SMILES string of the molecule is CCCNC(=O)c1cccc(Oc2ccccn2)c1. The lowest BCUT2D eigenvalue weighted by molar-refractivity contribution is 0.0953. The molecule has 1 aromatic heterocycles. The molecule has 0 fully saturated rings. The molecule has 0 aliphatic heterocycles. The predicted molar refractivity (Wildman–Crippen MR) is 73.4 cm³/mol. The van der Waals surface area contributed by atoms with Crippen molar-refractivity contribution in [3.05, 3.63) is 54.2 Å². The summed E-state index contributed by atoms with van der Waals surface area (Å²) >= 11 is 0. The molecule has 4 heteroatoms. The van der Waals surface area contributed by atoms with Gasteiger partial charge < -0.3 is 10.1 Å². The molecule has 0 atom stereocenters. The van der Waals surface area contributed by atoms with Crippen LogP contribution in [-0.4, -0.2) is 17.4 Å². The van der Waals surface area contributed by atoms with E-state index in [2.05, 4.69) is 10.3 Å². The summed E-state index contributed by atoms with van der Waals surface area (Å²) in [6.45, 7) is 2.69. The fourth-order valence-corrected chi connectivity index (χ4v) is 1.57. The van der Waals surface area contributed by atoms with Crippen molar-refractivity contribution in [2.24, 2.45) is 0 Å². The first-order valence-corrected chi connectivity index (χ1v) is 6.26. The lowest BCUT2D eigenvalue weighted by Gasteiger charge is -2.07. The number of rotatable bonds is 5. The van der Waals surface area contributed by atoms with E-state index in [0.717, 1.165) is 6.42 Å². The van der Waals surface area contributed by atoms with E-state index in [0.29, 0.717) is 23.7 Å². The number of nitrogens with zero attached hydrogens (tertiary/aromatic N) is 1. The third-order valence-corrected chi connectivity index (χ3v) is 2.49. The zero-order valence-corrected chi connectivity index (χ0v) is 10.8. The normalized spacial score (nSPS) is 9.95. The molecule has 0 spiro atoms. The Hall–Kier alpha value is -2.36. The molecule has 2 aromatic rings. The molecule has 2 rings (SSSR count). The van der Waals surface area contributed by atoms with Crippen LogP contribution in [0, 0.1) is 0 Å². The fraction of sp³-hybridized carbons (Fsp3) is 0.200. The Morgan fingerprint density at radius 2 is 2.16 bits per heavy atom. The summed E-state index contributed by atoms with van der Waals surface area (Å²) in [5.41, 5.74) is 0.585. The van der Waals surface area contributed by atoms with Gasteiger partial charge in [0.1, 0.15) is 5.75 Å². The molecular weight excluding hydrogens is 240 g/mol. The number of carbonyl (C=O) groups is 1. The van der Waals surface area contributed by atoms with E-state index < -0.39 is 0 Å². The maximum absolute atomic E-state index is 11.8. The van der Waals surface area contributed by atoms with Crippen LogP contribution in [0.25, 0.3) is 0 Å². The molecule has 1 aromatic carbocycles. The zero-order valence-electron chi connectivity index (χ0n) is 10.8. The molecule has 19 heavy (non-hydrogen) atoms. The van der Waals surface area contributed by atoms with Gasteiger partial charge >= 0.3 is 0 Å². The van der Waals surface area contributed by atoms with Gasteiger partial charge in [-0.05, 0) is 30.7 Å². The molecule has 0 unspecified atom stereocenters. The summed E-state index contributed by atoms with van der Waals surface area (Å²) in [7, 11) is 0. The third-order valence-electron chi connectivity index (χ3n) is 2.49. The van der Waals surface area contributed by atoms with E-state index in [1.54, 1.807) is 36.5 Å².